The molecule has 1 atom stereocenters. The minimum atomic E-state index is -1.01. The number of methoxy groups -OCH3 is 1. The summed E-state index contributed by atoms with van der Waals surface area (Å²) in [5.74, 6) is -0.292. The summed E-state index contributed by atoms with van der Waals surface area (Å²) in [6.45, 7) is 2.30. The van der Waals surface area contributed by atoms with E-state index in [0.717, 1.165) is 12.1 Å². The van der Waals surface area contributed by atoms with Gasteiger partial charge in [0.2, 0.25) is 0 Å². The molecule has 1 rings (SSSR count). The molecule has 0 aliphatic rings. The number of ether oxygens (including phenoxy) is 1. The first-order chi connectivity index (χ1) is 8.49. The lowest BCUT2D eigenvalue weighted by Crippen LogP contribution is -2.41. The average molecular weight is 252 g/mol. The van der Waals surface area contributed by atoms with Crippen LogP contribution in [0.4, 0.5) is 5.69 Å². The topological polar surface area (TPSA) is 75.8 Å². The molecule has 0 aromatic heterocycles. The normalized spacial score (nSPS) is 12.0. The first kappa shape index (κ1) is 14.3. The maximum absolute atomic E-state index is 10.8. The average Bonchev–Trinajstić information content (AvgIpc) is 2.37. The van der Waals surface area contributed by atoms with E-state index < -0.39 is 12.0 Å². The summed E-state index contributed by atoms with van der Waals surface area (Å²) in [7, 11) is 3.40. The number of aliphatic carboxylic acids is 1. The standard InChI is InChI=1S/C13H20N2O3/c1-4-9-5-6-12(18-3)11(7-9)15(2)8-10(14)13(16)17/h5-7,10H,4,8,14H2,1-3H3,(H,16,17). The molecule has 0 bridgehead atoms. The van der Waals surface area contributed by atoms with E-state index in [4.69, 9.17) is 15.6 Å². The first-order valence-electron chi connectivity index (χ1n) is 5.86. The number of nitrogens with zero attached hydrogens (tertiary/aromatic N) is 1. The van der Waals surface area contributed by atoms with Crippen LogP contribution in [0.15, 0.2) is 18.2 Å². The SMILES string of the molecule is CCc1ccc(OC)c(N(C)CC(N)C(=O)O)c1. The molecule has 0 aliphatic heterocycles. The molecule has 0 heterocycles. The van der Waals surface area contributed by atoms with Gasteiger partial charge in [-0.2, -0.15) is 0 Å². The smallest absolute Gasteiger partial charge is 0.322 e. The summed E-state index contributed by atoms with van der Waals surface area (Å²) in [5.41, 5.74) is 7.56. The second-order valence-electron chi connectivity index (χ2n) is 4.19. The lowest BCUT2D eigenvalue weighted by Gasteiger charge is -2.24. The van der Waals surface area contributed by atoms with Crippen molar-refractivity contribution in [2.24, 2.45) is 5.73 Å². The highest BCUT2D eigenvalue weighted by Gasteiger charge is 2.16. The zero-order chi connectivity index (χ0) is 13.7. The van der Waals surface area contributed by atoms with E-state index in [0.29, 0.717) is 5.75 Å². The highest BCUT2D eigenvalue weighted by molar-refractivity contribution is 5.74. The first-order valence-corrected chi connectivity index (χ1v) is 5.86. The molecule has 100 valence electrons. The number of carboxylic acids is 1. The Morgan fingerprint density at radius 2 is 2.22 bits per heavy atom. The summed E-state index contributed by atoms with van der Waals surface area (Å²) >= 11 is 0. The Labute approximate surface area is 107 Å². The molecule has 0 spiro atoms. The van der Waals surface area contributed by atoms with Gasteiger partial charge in [0, 0.05) is 13.6 Å². The molecular weight excluding hydrogens is 232 g/mol. The van der Waals surface area contributed by atoms with Gasteiger partial charge in [-0.15, -0.1) is 0 Å². The zero-order valence-electron chi connectivity index (χ0n) is 11.0. The van der Waals surface area contributed by atoms with Gasteiger partial charge in [-0.05, 0) is 24.1 Å². The third-order valence-electron chi connectivity index (χ3n) is 2.85. The molecule has 3 N–H and O–H groups in total. The maximum atomic E-state index is 10.8. The number of aryl methyl sites for hydroxylation is 1. The van der Waals surface area contributed by atoms with Crippen molar-refractivity contribution in [2.75, 3.05) is 25.6 Å². The molecule has 0 amide bonds. The number of carboxylic acid groups (broad SMARTS) is 1. The molecule has 0 saturated heterocycles. The fourth-order valence-corrected chi connectivity index (χ4v) is 1.73. The number of benzene rings is 1. The summed E-state index contributed by atoms with van der Waals surface area (Å²) in [5, 5.41) is 8.82. The van der Waals surface area contributed by atoms with Crippen molar-refractivity contribution in [3.63, 3.8) is 0 Å². The molecule has 0 radical (unpaired) electrons. The second kappa shape index (κ2) is 6.26. The number of anilines is 1. The summed E-state index contributed by atoms with van der Waals surface area (Å²) in [6.07, 6.45) is 0.913. The predicted molar refractivity (Wildman–Crippen MR) is 71.3 cm³/mol. The van der Waals surface area contributed by atoms with Crippen molar-refractivity contribution < 1.29 is 14.6 Å². The number of nitrogens with two attached hydrogens (primary N) is 1. The van der Waals surface area contributed by atoms with Crippen LogP contribution < -0.4 is 15.4 Å². The van der Waals surface area contributed by atoms with Crippen molar-refractivity contribution in [1.82, 2.24) is 0 Å². The minimum absolute atomic E-state index is 0.235. The van der Waals surface area contributed by atoms with Crippen molar-refractivity contribution >= 4 is 11.7 Å². The third kappa shape index (κ3) is 3.37. The van der Waals surface area contributed by atoms with E-state index in [9.17, 15) is 4.79 Å². The monoisotopic (exact) mass is 252 g/mol. The van der Waals surface area contributed by atoms with Crippen LogP contribution >= 0.6 is 0 Å². The van der Waals surface area contributed by atoms with Crippen LogP contribution in [-0.4, -0.2) is 37.8 Å². The van der Waals surface area contributed by atoms with Gasteiger partial charge >= 0.3 is 5.97 Å². The lowest BCUT2D eigenvalue weighted by molar-refractivity contribution is -0.138. The van der Waals surface area contributed by atoms with Crippen LogP contribution in [0.3, 0.4) is 0 Å². The van der Waals surface area contributed by atoms with Crippen LogP contribution in [-0.2, 0) is 11.2 Å². The van der Waals surface area contributed by atoms with Crippen LogP contribution in [0.2, 0.25) is 0 Å². The van der Waals surface area contributed by atoms with Gasteiger partial charge in [-0.25, -0.2) is 0 Å². The fourth-order valence-electron chi connectivity index (χ4n) is 1.73. The molecule has 5 nitrogen and oxygen atoms in total. The second-order valence-corrected chi connectivity index (χ2v) is 4.19. The quantitative estimate of drug-likeness (QED) is 0.793. The van der Waals surface area contributed by atoms with Gasteiger partial charge in [0.05, 0.1) is 12.8 Å². The molecule has 1 aromatic carbocycles. The number of likely N-dealkylation sites (N-methyl/N-ethyl adjacent to an activating group) is 1. The highest BCUT2D eigenvalue weighted by Crippen LogP contribution is 2.28. The molecule has 1 unspecified atom stereocenters. The summed E-state index contributed by atoms with van der Waals surface area (Å²) in [4.78, 5) is 12.6. The van der Waals surface area contributed by atoms with E-state index in [1.54, 1.807) is 19.1 Å². The lowest BCUT2D eigenvalue weighted by atomic mass is 10.1. The number of hydrogen-bond acceptors (Lipinski definition) is 4. The Balaban J connectivity index is 2.95. The molecule has 5 heteroatoms. The number of carbonyl (C=O) groups is 1. The Hall–Kier alpha value is -1.75. The molecule has 0 saturated carbocycles. The van der Waals surface area contributed by atoms with Gasteiger partial charge in [0.1, 0.15) is 11.8 Å². The van der Waals surface area contributed by atoms with Crippen molar-refractivity contribution in [3.8, 4) is 5.75 Å². The Kier molecular flexibility index (Phi) is 4.97. The molecule has 0 fully saturated rings. The van der Waals surface area contributed by atoms with Crippen LogP contribution in [0, 0.1) is 0 Å². The van der Waals surface area contributed by atoms with Gasteiger partial charge in [-0.1, -0.05) is 13.0 Å². The molecular formula is C13H20N2O3. The molecule has 0 aliphatic carbocycles. The van der Waals surface area contributed by atoms with Gasteiger partial charge in [-0.3, -0.25) is 4.79 Å². The Bertz CT molecular complexity index is 421. The number of rotatable bonds is 6. The maximum Gasteiger partial charge on any atom is 0.322 e. The minimum Gasteiger partial charge on any atom is -0.495 e. The Morgan fingerprint density at radius 3 is 2.72 bits per heavy atom. The zero-order valence-corrected chi connectivity index (χ0v) is 11.0. The van der Waals surface area contributed by atoms with E-state index in [1.807, 2.05) is 18.2 Å². The van der Waals surface area contributed by atoms with Crippen LogP contribution in [0.5, 0.6) is 5.75 Å². The summed E-state index contributed by atoms with van der Waals surface area (Å²) in [6, 6.07) is 4.96. The van der Waals surface area contributed by atoms with Crippen LogP contribution in [0.1, 0.15) is 12.5 Å². The van der Waals surface area contributed by atoms with Gasteiger partial charge in [0.15, 0.2) is 0 Å². The highest BCUT2D eigenvalue weighted by atomic mass is 16.5. The number of hydrogen-bond donors (Lipinski definition) is 2. The van der Waals surface area contributed by atoms with Crippen molar-refractivity contribution in [1.29, 1.82) is 0 Å². The van der Waals surface area contributed by atoms with E-state index >= 15 is 0 Å². The van der Waals surface area contributed by atoms with Crippen molar-refractivity contribution in [3.05, 3.63) is 23.8 Å². The van der Waals surface area contributed by atoms with E-state index in [-0.39, 0.29) is 6.54 Å². The third-order valence-corrected chi connectivity index (χ3v) is 2.85. The molecule has 18 heavy (non-hydrogen) atoms. The fraction of sp³-hybridized carbons (Fsp3) is 0.462. The van der Waals surface area contributed by atoms with E-state index in [1.165, 1.54) is 5.56 Å². The largest absolute Gasteiger partial charge is 0.495 e. The van der Waals surface area contributed by atoms with E-state index in [2.05, 4.69) is 6.92 Å². The van der Waals surface area contributed by atoms with Crippen LogP contribution in [0.25, 0.3) is 0 Å². The summed E-state index contributed by atoms with van der Waals surface area (Å²) < 4.78 is 5.28. The van der Waals surface area contributed by atoms with Crippen molar-refractivity contribution in [2.45, 2.75) is 19.4 Å². The molecule has 1 aromatic rings. The Morgan fingerprint density at radius 1 is 1.56 bits per heavy atom. The van der Waals surface area contributed by atoms with Gasteiger partial charge < -0.3 is 20.5 Å². The van der Waals surface area contributed by atoms with Gasteiger partial charge in [0.25, 0.3) is 0 Å². The predicted octanol–water partition coefficient (Wildman–Crippen LogP) is 1.11.